The molecule has 0 saturated heterocycles. The molecule has 8 heteroatoms. The molecule has 0 aliphatic carbocycles. The van der Waals surface area contributed by atoms with Crippen LogP contribution in [0.4, 0.5) is 5.13 Å². The van der Waals surface area contributed by atoms with E-state index in [1.807, 2.05) is 51.1 Å². The molecule has 0 fully saturated rings. The number of carbonyl (C=O) groups is 1. The van der Waals surface area contributed by atoms with E-state index in [-0.39, 0.29) is 16.9 Å². The van der Waals surface area contributed by atoms with Crippen molar-refractivity contribution in [2.24, 2.45) is 0 Å². The zero-order valence-corrected chi connectivity index (χ0v) is 17.7. The van der Waals surface area contributed by atoms with E-state index >= 15 is 0 Å². The van der Waals surface area contributed by atoms with Gasteiger partial charge in [-0.3, -0.25) is 19.5 Å². The largest absolute Gasteiger partial charge is 0.296 e. The molecule has 0 saturated carbocycles. The fourth-order valence-electron chi connectivity index (χ4n) is 2.92. The molecule has 0 aliphatic rings. The second-order valence-corrected chi connectivity index (χ2v) is 8.99. The molecule has 0 aliphatic heterocycles. The van der Waals surface area contributed by atoms with Crippen molar-refractivity contribution in [1.82, 2.24) is 19.7 Å². The molecule has 152 valence electrons. The molecular formula is C22H21N5O2S. The number of carbonyl (C=O) groups excluding carboxylic acids is 1. The van der Waals surface area contributed by atoms with E-state index in [9.17, 15) is 9.59 Å². The van der Waals surface area contributed by atoms with Gasteiger partial charge in [0.1, 0.15) is 5.01 Å². The highest BCUT2D eigenvalue weighted by atomic mass is 32.1. The molecule has 2 aromatic carbocycles. The second-order valence-electron chi connectivity index (χ2n) is 8.01. The van der Waals surface area contributed by atoms with Gasteiger partial charge in [-0.25, -0.2) is 4.98 Å². The quantitative estimate of drug-likeness (QED) is 0.543. The van der Waals surface area contributed by atoms with Crippen LogP contribution in [0, 0.1) is 0 Å². The van der Waals surface area contributed by atoms with E-state index in [0.29, 0.717) is 28.1 Å². The van der Waals surface area contributed by atoms with Gasteiger partial charge in [-0.1, -0.05) is 56.4 Å². The number of para-hydroxylation sites is 1. The first kappa shape index (κ1) is 19.9. The number of hydrogen-bond acceptors (Lipinski definition) is 6. The summed E-state index contributed by atoms with van der Waals surface area (Å²) < 4.78 is 1.56. The Morgan fingerprint density at radius 1 is 1.07 bits per heavy atom. The van der Waals surface area contributed by atoms with Crippen LogP contribution in [0.5, 0.6) is 0 Å². The third kappa shape index (κ3) is 4.13. The van der Waals surface area contributed by atoms with Crippen molar-refractivity contribution in [2.75, 3.05) is 5.32 Å². The molecule has 7 nitrogen and oxygen atoms in total. The summed E-state index contributed by atoms with van der Waals surface area (Å²) in [6, 6.07) is 14.4. The standard InChI is InChI=1S/C22H21N5O2S/c1-22(2,3)20-25-26-21(30-20)24-18(28)15-10-8-14(9-11-15)12-27-13-23-17-7-5-4-6-16(17)19(27)29/h4-11,13H,12H2,1-3H3,(H,24,26,28). The Morgan fingerprint density at radius 3 is 2.50 bits per heavy atom. The maximum absolute atomic E-state index is 12.6. The monoisotopic (exact) mass is 419 g/mol. The molecule has 1 N–H and O–H groups in total. The van der Waals surface area contributed by atoms with Gasteiger partial charge in [0.25, 0.3) is 11.5 Å². The van der Waals surface area contributed by atoms with Gasteiger partial charge in [-0.15, -0.1) is 10.2 Å². The first-order chi connectivity index (χ1) is 14.3. The Labute approximate surface area is 177 Å². The van der Waals surface area contributed by atoms with Gasteiger partial charge in [0, 0.05) is 11.0 Å². The molecule has 1 amide bonds. The minimum atomic E-state index is -0.248. The van der Waals surface area contributed by atoms with Crippen molar-refractivity contribution in [3.05, 3.63) is 81.3 Å². The van der Waals surface area contributed by atoms with E-state index in [2.05, 4.69) is 20.5 Å². The Hall–Kier alpha value is -3.39. The molecule has 4 aromatic rings. The van der Waals surface area contributed by atoms with Crippen LogP contribution in [0.25, 0.3) is 10.9 Å². The highest BCUT2D eigenvalue weighted by molar-refractivity contribution is 7.15. The van der Waals surface area contributed by atoms with Crippen molar-refractivity contribution in [3.8, 4) is 0 Å². The van der Waals surface area contributed by atoms with Crippen LogP contribution in [0.2, 0.25) is 0 Å². The van der Waals surface area contributed by atoms with Crippen LogP contribution in [-0.4, -0.2) is 25.7 Å². The van der Waals surface area contributed by atoms with E-state index < -0.39 is 0 Å². The summed E-state index contributed by atoms with van der Waals surface area (Å²) in [6.07, 6.45) is 1.55. The molecule has 2 aromatic heterocycles. The fourth-order valence-corrected chi connectivity index (χ4v) is 3.72. The summed E-state index contributed by atoms with van der Waals surface area (Å²) >= 11 is 1.37. The Balaban J connectivity index is 1.48. The molecule has 0 radical (unpaired) electrons. The SMILES string of the molecule is CC(C)(C)c1nnc(NC(=O)c2ccc(Cn3cnc4ccccc4c3=O)cc2)s1. The highest BCUT2D eigenvalue weighted by Crippen LogP contribution is 2.27. The lowest BCUT2D eigenvalue weighted by Crippen LogP contribution is -2.21. The van der Waals surface area contributed by atoms with Crippen LogP contribution in [0.1, 0.15) is 41.7 Å². The summed E-state index contributed by atoms with van der Waals surface area (Å²) in [4.78, 5) is 29.5. The van der Waals surface area contributed by atoms with Crippen LogP contribution in [-0.2, 0) is 12.0 Å². The van der Waals surface area contributed by atoms with Crippen molar-refractivity contribution in [2.45, 2.75) is 32.7 Å². The molecule has 0 spiro atoms. The minimum Gasteiger partial charge on any atom is -0.296 e. The van der Waals surface area contributed by atoms with Gasteiger partial charge < -0.3 is 0 Å². The number of benzene rings is 2. The third-order valence-electron chi connectivity index (χ3n) is 4.59. The average Bonchev–Trinajstić information content (AvgIpc) is 3.20. The lowest BCUT2D eigenvalue weighted by atomic mass is 9.98. The summed E-state index contributed by atoms with van der Waals surface area (Å²) in [5.74, 6) is -0.248. The predicted molar refractivity (Wildman–Crippen MR) is 118 cm³/mol. The van der Waals surface area contributed by atoms with Crippen molar-refractivity contribution in [1.29, 1.82) is 0 Å². The molecular weight excluding hydrogens is 398 g/mol. The number of amides is 1. The topological polar surface area (TPSA) is 89.8 Å². The van der Waals surface area contributed by atoms with Crippen LogP contribution < -0.4 is 10.9 Å². The molecule has 4 rings (SSSR count). The Bertz CT molecular complexity index is 1270. The predicted octanol–water partition coefficient (Wildman–Crippen LogP) is 3.85. The van der Waals surface area contributed by atoms with Crippen molar-refractivity contribution < 1.29 is 4.79 Å². The van der Waals surface area contributed by atoms with E-state index in [1.54, 1.807) is 29.1 Å². The maximum Gasteiger partial charge on any atom is 0.261 e. The highest BCUT2D eigenvalue weighted by Gasteiger charge is 2.20. The van der Waals surface area contributed by atoms with Crippen LogP contribution in [0.3, 0.4) is 0 Å². The Kier molecular flexibility index (Phi) is 5.17. The molecule has 0 bridgehead atoms. The van der Waals surface area contributed by atoms with Gasteiger partial charge in [-0.05, 0) is 29.8 Å². The molecule has 2 heterocycles. The fraction of sp³-hybridized carbons (Fsp3) is 0.227. The molecule has 30 heavy (non-hydrogen) atoms. The van der Waals surface area contributed by atoms with Gasteiger partial charge in [0.2, 0.25) is 5.13 Å². The average molecular weight is 420 g/mol. The summed E-state index contributed by atoms with van der Waals surface area (Å²) in [6.45, 7) is 6.53. The number of rotatable bonds is 4. The number of nitrogens with zero attached hydrogens (tertiary/aromatic N) is 4. The minimum absolute atomic E-state index is 0.0895. The summed E-state index contributed by atoms with van der Waals surface area (Å²) in [5.41, 5.74) is 1.88. The number of nitrogens with one attached hydrogen (secondary N) is 1. The first-order valence-electron chi connectivity index (χ1n) is 9.50. The lowest BCUT2D eigenvalue weighted by molar-refractivity contribution is 0.102. The zero-order valence-electron chi connectivity index (χ0n) is 16.9. The molecule has 0 atom stereocenters. The number of hydrogen-bond donors (Lipinski definition) is 1. The van der Waals surface area contributed by atoms with Gasteiger partial charge in [-0.2, -0.15) is 0 Å². The summed E-state index contributed by atoms with van der Waals surface area (Å²) in [5, 5.41) is 12.9. The van der Waals surface area contributed by atoms with Crippen molar-refractivity contribution in [3.63, 3.8) is 0 Å². The van der Waals surface area contributed by atoms with Crippen LogP contribution >= 0.6 is 11.3 Å². The summed E-state index contributed by atoms with van der Waals surface area (Å²) in [7, 11) is 0. The van der Waals surface area contributed by atoms with E-state index in [0.717, 1.165) is 10.6 Å². The van der Waals surface area contributed by atoms with Gasteiger partial charge in [0.05, 0.1) is 23.8 Å². The first-order valence-corrected chi connectivity index (χ1v) is 10.3. The van der Waals surface area contributed by atoms with Gasteiger partial charge in [0.15, 0.2) is 0 Å². The van der Waals surface area contributed by atoms with Crippen molar-refractivity contribution >= 4 is 33.3 Å². The zero-order chi connectivity index (χ0) is 21.3. The maximum atomic E-state index is 12.6. The number of fused-ring (bicyclic) bond motifs is 1. The normalized spacial score (nSPS) is 11.6. The Morgan fingerprint density at radius 2 is 1.80 bits per heavy atom. The number of aromatic nitrogens is 4. The van der Waals surface area contributed by atoms with E-state index in [4.69, 9.17) is 0 Å². The van der Waals surface area contributed by atoms with E-state index in [1.165, 1.54) is 11.3 Å². The smallest absolute Gasteiger partial charge is 0.261 e. The number of anilines is 1. The van der Waals surface area contributed by atoms with Crippen LogP contribution in [0.15, 0.2) is 59.7 Å². The lowest BCUT2D eigenvalue weighted by Gasteiger charge is -2.12. The van der Waals surface area contributed by atoms with Gasteiger partial charge >= 0.3 is 0 Å². The second kappa shape index (κ2) is 7.79. The third-order valence-corrected chi connectivity index (χ3v) is 5.85. The molecule has 0 unspecified atom stereocenters.